The summed E-state index contributed by atoms with van der Waals surface area (Å²) < 4.78 is 7.09. The number of pyridine rings is 1. The van der Waals surface area contributed by atoms with Gasteiger partial charge in [-0.3, -0.25) is 9.48 Å². The van der Waals surface area contributed by atoms with Crippen LogP contribution in [-0.2, 0) is 6.54 Å². The van der Waals surface area contributed by atoms with Gasteiger partial charge < -0.3 is 25.0 Å². The summed E-state index contributed by atoms with van der Waals surface area (Å²) in [7, 11) is 1.64. The molecule has 5 aromatic rings. The predicted molar refractivity (Wildman–Crippen MR) is 144 cm³/mol. The number of imidazole rings is 1. The lowest BCUT2D eigenvalue weighted by molar-refractivity contribution is 0.102. The van der Waals surface area contributed by atoms with Gasteiger partial charge in [-0.15, -0.1) is 0 Å². The van der Waals surface area contributed by atoms with Crippen LogP contribution in [-0.4, -0.2) is 62.0 Å². The summed E-state index contributed by atoms with van der Waals surface area (Å²) in [6, 6.07) is 20.9. The topological polar surface area (TPSA) is 121 Å². The van der Waals surface area contributed by atoms with Crippen LogP contribution < -0.4 is 15.0 Å². The number of aliphatic hydroxyl groups excluding tert-OH is 1. The molecule has 10 nitrogen and oxygen atoms in total. The van der Waals surface area contributed by atoms with Crippen molar-refractivity contribution in [2.75, 3.05) is 30.4 Å². The largest absolute Gasteiger partial charge is 0.497 e. The van der Waals surface area contributed by atoms with Crippen molar-refractivity contribution in [3.8, 4) is 17.3 Å². The number of aromatic nitrogens is 5. The second-order valence-corrected chi connectivity index (χ2v) is 9.27. The lowest BCUT2D eigenvalue weighted by Gasteiger charge is -2.16. The molecule has 0 bridgehead atoms. The van der Waals surface area contributed by atoms with Gasteiger partial charge in [0.1, 0.15) is 17.3 Å². The summed E-state index contributed by atoms with van der Waals surface area (Å²) in [5.41, 5.74) is 3.96. The molecule has 1 saturated heterocycles. The molecular weight excluding hydrogens is 482 g/mol. The van der Waals surface area contributed by atoms with Crippen molar-refractivity contribution >= 4 is 28.6 Å². The number of fused-ring (bicyclic) bond motifs is 1. The van der Waals surface area contributed by atoms with Gasteiger partial charge in [0, 0.05) is 25.4 Å². The minimum absolute atomic E-state index is 0.309. The first-order chi connectivity index (χ1) is 18.6. The number of H-pyrrole nitrogens is 1. The smallest absolute Gasteiger partial charge is 0.258 e. The Morgan fingerprint density at radius 2 is 2.00 bits per heavy atom. The lowest BCUT2D eigenvalue weighted by Crippen LogP contribution is -2.22. The first kappa shape index (κ1) is 23.7. The molecule has 38 heavy (non-hydrogen) atoms. The zero-order chi connectivity index (χ0) is 26.1. The third-order valence-electron chi connectivity index (χ3n) is 6.64. The number of hydrogen-bond donors (Lipinski definition) is 3. The fraction of sp³-hybridized carbons (Fsp3) is 0.214. The van der Waals surface area contributed by atoms with E-state index in [2.05, 4.69) is 20.4 Å². The van der Waals surface area contributed by atoms with E-state index in [0.29, 0.717) is 30.3 Å². The number of ether oxygens (including phenoxy) is 1. The molecule has 1 aliphatic rings. The van der Waals surface area contributed by atoms with Crippen molar-refractivity contribution in [3.05, 3.63) is 84.1 Å². The van der Waals surface area contributed by atoms with Crippen LogP contribution in [0.15, 0.2) is 72.9 Å². The molecule has 10 heteroatoms. The van der Waals surface area contributed by atoms with Crippen LogP contribution >= 0.6 is 0 Å². The van der Waals surface area contributed by atoms with E-state index in [4.69, 9.17) is 9.72 Å². The number of aromatic amines is 1. The summed E-state index contributed by atoms with van der Waals surface area (Å²) in [6.45, 7) is 1.77. The molecule has 0 saturated carbocycles. The van der Waals surface area contributed by atoms with Crippen LogP contribution in [0.4, 0.5) is 11.6 Å². The lowest BCUT2D eigenvalue weighted by atomic mass is 10.2. The third kappa shape index (κ3) is 4.81. The highest BCUT2D eigenvalue weighted by atomic mass is 16.5. The Morgan fingerprint density at radius 3 is 2.71 bits per heavy atom. The summed E-state index contributed by atoms with van der Waals surface area (Å²) in [5.74, 6) is 2.28. The SMILES string of the molecule is COc1ccc(Cn2nc(NC(=O)c3ccc(N4CC[C@H](O)C4)nc3)cc2-c2nc3ccccc3[nH]2)cc1. The van der Waals surface area contributed by atoms with Crippen LogP contribution in [0.25, 0.3) is 22.6 Å². The van der Waals surface area contributed by atoms with Gasteiger partial charge in [0.05, 0.1) is 36.4 Å². The zero-order valence-corrected chi connectivity index (χ0v) is 20.8. The summed E-state index contributed by atoms with van der Waals surface area (Å²) >= 11 is 0. The summed E-state index contributed by atoms with van der Waals surface area (Å²) in [6.07, 6.45) is 1.93. The number of carbonyl (C=O) groups is 1. The van der Waals surface area contributed by atoms with Gasteiger partial charge >= 0.3 is 0 Å². The maximum Gasteiger partial charge on any atom is 0.258 e. The Bertz CT molecular complexity index is 1540. The molecule has 0 spiro atoms. The van der Waals surface area contributed by atoms with Crippen molar-refractivity contribution in [2.24, 2.45) is 0 Å². The first-order valence-electron chi connectivity index (χ1n) is 12.4. The molecule has 4 heterocycles. The molecule has 1 aliphatic heterocycles. The van der Waals surface area contributed by atoms with Gasteiger partial charge in [0.25, 0.3) is 5.91 Å². The van der Waals surface area contributed by atoms with E-state index < -0.39 is 0 Å². The van der Waals surface area contributed by atoms with Crippen LogP contribution in [0.5, 0.6) is 5.75 Å². The second kappa shape index (κ2) is 9.98. The number of hydrogen-bond acceptors (Lipinski definition) is 7. The minimum Gasteiger partial charge on any atom is -0.497 e. The minimum atomic E-state index is -0.339. The molecule has 1 amide bonds. The molecule has 3 N–H and O–H groups in total. The summed E-state index contributed by atoms with van der Waals surface area (Å²) in [5, 5.41) is 17.4. The third-order valence-corrected chi connectivity index (χ3v) is 6.64. The van der Waals surface area contributed by atoms with Crippen molar-refractivity contribution in [3.63, 3.8) is 0 Å². The van der Waals surface area contributed by atoms with Gasteiger partial charge in [-0.05, 0) is 48.4 Å². The number of nitrogens with one attached hydrogen (secondary N) is 2. The van der Waals surface area contributed by atoms with E-state index in [1.54, 1.807) is 25.4 Å². The number of anilines is 2. The second-order valence-electron chi connectivity index (χ2n) is 9.27. The van der Waals surface area contributed by atoms with Gasteiger partial charge in [0.2, 0.25) is 0 Å². The number of para-hydroxylation sites is 2. The van der Waals surface area contributed by atoms with Crippen molar-refractivity contribution in [1.82, 2.24) is 24.7 Å². The van der Waals surface area contributed by atoms with Crippen molar-refractivity contribution in [1.29, 1.82) is 0 Å². The maximum absolute atomic E-state index is 13.0. The van der Waals surface area contributed by atoms with E-state index in [9.17, 15) is 9.90 Å². The van der Waals surface area contributed by atoms with Crippen molar-refractivity contribution < 1.29 is 14.6 Å². The highest BCUT2D eigenvalue weighted by Gasteiger charge is 2.22. The van der Waals surface area contributed by atoms with E-state index in [0.717, 1.165) is 46.8 Å². The molecule has 3 aromatic heterocycles. The number of β-amino-alcohol motifs (C(OH)–C–C–N with tert-alkyl or cyclic N) is 1. The van der Waals surface area contributed by atoms with Crippen LogP contribution in [0, 0.1) is 0 Å². The molecule has 0 radical (unpaired) electrons. The Labute approximate surface area is 218 Å². The van der Waals surface area contributed by atoms with E-state index in [1.807, 2.05) is 64.2 Å². The van der Waals surface area contributed by atoms with E-state index in [1.165, 1.54) is 0 Å². The number of aliphatic hydroxyl groups is 1. The summed E-state index contributed by atoms with van der Waals surface area (Å²) in [4.78, 5) is 27.6. The highest BCUT2D eigenvalue weighted by Crippen LogP contribution is 2.25. The normalized spacial score (nSPS) is 15.2. The number of benzene rings is 2. The highest BCUT2D eigenvalue weighted by molar-refractivity contribution is 6.03. The fourth-order valence-corrected chi connectivity index (χ4v) is 4.61. The fourth-order valence-electron chi connectivity index (χ4n) is 4.61. The number of rotatable bonds is 7. The van der Waals surface area contributed by atoms with Gasteiger partial charge in [-0.1, -0.05) is 24.3 Å². The monoisotopic (exact) mass is 509 g/mol. The van der Waals surface area contributed by atoms with Crippen molar-refractivity contribution in [2.45, 2.75) is 19.1 Å². The Kier molecular flexibility index (Phi) is 6.22. The first-order valence-corrected chi connectivity index (χ1v) is 12.4. The Morgan fingerprint density at radius 1 is 1.16 bits per heavy atom. The molecule has 0 aliphatic carbocycles. The molecule has 1 fully saturated rings. The van der Waals surface area contributed by atoms with Crippen LogP contribution in [0.3, 0.4) is 0 Å². The molecule has 1 atom stereocenters. The number of methoxy groups -OCH3 is 1. The molecule has 2 aromatic carbocycles. The van der Waals surface area contributed by atoms with Crippen LogP contribution in [0.1, 0.15) is 22.3 Å². The van der Waals surface area contributed by atoms with E-state index >= 15 is 0 Å². The molecular formula is C28H27N7O3. The van der Waals surface area contributed by atoms with Gasteiger partial charge in [0.15, 0.2) is 11.6 Å². The number of nitrogens with zero attached hydrogens (tertiary/aromatic N) is 5. The van der Waals surface area contributed by atoms with E-state index in [-0.39, 0.29) is 12.0 Å². The molecule has 6 rings (SSSR count). The quantitative estimate of drug-likeness (QED) is 0.306. The number of amides is 1. The van der Waals surface area contributed by atoms with Gasteiger partial charge in [-0.25, -0.2) is 9.97 Å². The maximum atomic E-state index is 13.0. The average Bonchev–Trinajstić information content (AvgIpc) is 3.67. The Balaban J connectivity index is 1.27. The molecule has 192 valence electrons. The van der Waals surface area contributed by atoms with Gasteiger partial charge in [-0.2, -0.15) is 5.10 Å². The Hall–Kier alpha value is -4.70. The number of carbonyl (C=O) groups excluding carboxylic acids is 1. The zero-order valence-electron chi connectivity index (χ0n) is 20.8. The van der Waals surface area contributed by atoms with Crippen LogP contribution in [0.2, 0.25) is 0 Å². The predicted octanol–water partition coefficient (Wildman–Crippen LogP) is 3.70. The standard InChI is InChI=1S/C28H27N7O3/c1-38-21-9-6-18(7-10-21)16-35-24(27-30-22-4-2-3-5-23(22)31-27)14-25(33-35)32-28(37)19-8-11-26(29-15-19)34-13-12-20(36)17-34/h2-11,14-15,20,36H,12-13,16-17H2,1H3,(H,30,31)(H,32,33,37)/t20-/m0/s1. The average molecular weight is 510 g/mol. The molecule has 0 unspecified atom stereocenters.